The van der Waals surface area contributed by atoms with Crippen molar-refractivity contribution in [1.29, 1.82) is 0 Å². The molecule has 1 atom stereocenters. The molecule has 8 heteroatoms. The number of halogens is 1. The monoisotopic (exact) mass is 321 g/mol. The highest BCUT2D eigenvalue weighted by Crippen LogP contribution is 2.19. The number of urea groups is 1. The van der Waals surface area contributed by atoms with Crippen molar-refractivity contribution in [3.8, 4) is 0 Å². The van der Waals surface area contributed by atoms with Crippen molar-refractivity contribution >= 4 is 35.1 Å². The number of fused-ring (bicyclic) bond motifs is 1. The number of hydrogen-bond donors (Lipinski definition) is 1. The van der Waals surface area contributed by atoms with Crippen molar-refractivity contribution in [3.05, 3.63) is 35.6 Å². The Morgan fingerprint density at radius 1 is 1.18 bits per heavy atom. The molecule has 0 saturated carbocycles. The van der Waals surface area contributed by atoms with Crippen LogP contribution in [0.4, 0.5) is 9.18 Å². The molecule has 22 heavy (non-hydrogen) atoms. The molecule has 0 spiro atoms. The van der Waals surface area contributed by atoms with Gasteiger partial charge >= 0.3 is 6.03 Å². The fraction of sp³-hybridized carbons (Fsp3) is 0.286. The van der Waals surface area contributed by atoms with Gasteiger partial charge in [0.25, 0.3) is 16.9 Å². The molecule has 6 nitrogen and oxygen atoms in total. The number of amidine groups is 1. The Balaban J connectivity index is 1.91. The number of thiocarbonyl (C=S) groups is 1. The molecule has 0 bridgehead atoms. The highest BCUT2D eigenvalue weighted by molar-refractivity contribution is 7.79. The van der Waals surface area contributed by atoms with Crippen LogP contribution in [-0.2, 0) is 11.3 Å². The van der Waals surface area contributed by atoms with Gasteiger partial charge in [-0.25, -0.2) is 19.1 Å². The lowest BCUT2D eigenvalue weighted by Gasteiger charge is -2.31. The third-order valence-electron chi connectivity index (χ3n) is 3.83. The summed E-state index contributed by atoms with van der Waals surface area (Å²) >= 11 is 5.27. The Morgan fingerprint density at radius 2 is 1.82 bits per heavy atom. The standard InChI is InChI=1S/C14H13FN4O2S/c1-17-11-10(12(20)18(2)14(17)21)19(13(22)16-11)7-8-3-5-9(15)6-4-8/h3-6,10H,7H2,1-2H3/p+1. The second-order valence-corrected chi connectivity index (χ2v) is 5.60. The van der Waals surface area contributed by atoms with Crippen molar-refractivity contribution < 1.29 is 19.0 Å². The van der Waals surface area contributed by atoms with Gasteiger partial charge in [-0.2, -0.15) is 0 Å². The summed E-state index contributed by atoms with van der Waals surface area (Å²) in [6.45, 7) is 0.349. The molecular formula is C14H14FN4O2S+. The summed E-state index contributed by atoms with van der Waals surface area (Å²) in [6, 6.07) is 4.93. The molecule has 0 aromatic heterocycles. The Kier molecular flexibility index (Phi) is 3.40. The molecule has 3 amide bonds. The first-order valence-electron chi connectivity index (χ1n) is 6.64. The number of benzene rings is 1. The average Bonchev–Trinajstić information content (AvgIpc) is 2.82. The molecular weight excluding hydrogens is 307 g/mol. The minimum Gasteiger partial charge on any atom is -0.270 e. The normalized spacial score (nSPS) is 21.4. The molecule has 0 radical (unpaired) electrons. The van der Waals surface area contributed by atoms with Crippen LogP contribution in [0.1, 0.15) is 5.56 Å². The van der Waals surface area contributed by atoms with Gasteiger partial charge in [0.2, 0.25) is 6.04 Å². The van der Waals surface area contributed by atoms with E-state index in [2.05, 4.69) is 4.99 Å². The van der Waals surface area contributed by atoms with Crippen LogP contribution in [0, 0.1) is 5.82 Å². The molecule has 1 fully saturated rings. The highest BCUT2D eigenvalue weighted by atomic mass is 32.1. The number of hydrogen-bond acceptors (Lipinski definition) is 3. The predicted molar refractivity (Wildman–Crippen MR) is 80.2 cm³/mol. The fourth-order valence-corrected chi connectivity index (χ4v) is 2.86. The van der Waals surface area contributed by atoms with Crippen molar-refractivity contribution in [3.63, 3.8) is 0 Å². The van der Waals surface area contributed by atoms with Crippen molar-refractivity contribution in [2.45, 2.75) is 12.6 Å². The predicted octanol–water partition coefficient (Wildman–Crippen LogP) is -0.702. The molecule has 3 rings (SSSR count). The lowest BCUT2D eigenvalue weighted by molar-refractivity contribution is -0.320. The molecule has 2 aliphatic rings. The van der Waals surface area contributed by atoms with Crippen LogP contribution < -0.4 is 4.99 Å². The smallest absolute Gasteiger partial charge is 0.270 e. The molecule has 1 aromatic carbocycles. The molecule has 2 heterocycles. The largest absolute Gasteiger partial charge is 0.388 e. The number of nitrogens with zero attached hydrogens (tertiary/aromatic N) is 3. The first-order chi connectivity index (χ1) is 10.4. The summed E-state index contributed by atoms with van der Waals surface area (Å²) in [5, 5.41) is 0.368. The molecule has 0 aliphatic carbocycles. The van der Waals surface area contributed by atoms with Crippen LogP contribution in [-0.4, -0.2) is 57.7 Å². The number of carbonyl (C=O) groups is 2. The lowest BCUT2D eigenvalue weighted by atomic mass is 10.1. The number of imide groups is 1. The summed E-state index contributed by atoms with van der Waals surface area (Å²) in [7, 11) is 3.03. The van der Waals surface area contributed by atoms with Gasteiger partial charge in [0.1, 0.15) is 5.82 Å². The third kappa shape index (κ3) is 2.16. The van der Waals surface area contributed by atoms with Crippen LogP contribution in [0.5, 0.6) is 0 Å². The van der Waals surface area contributed by atoms with E-state index in [0.29, 0.717) is 17.5 Å². The lowest BCUT2D eigenvalue weighted by Crippen LogP contribution is -2.79. The summed E-state index contributed by atoms with van der Waals surface area (Å²) in [5.74, 6) is -0.204. The molecule has 1 unspecified atom stereocenters. The van der Waals surface area contributed by atoms with Gasteiger partial charge in [-0.1, -0.05) is 12.1 Å². The summed E-state index contributed by atoms with van der Waals surface area (Å²) in [5.41, 5.74) is 0.821. The average molecular weight is 321 g/mol. The summed E-state index contributed by atoms with van der Waals surface area (Å²) in [6.07, 6.45) is 0. The van der Waals surface area contributed by atoms with E-state index >= 15 is 0 Å². The van der Waals surface area contributed by atoms with Crippen LogP contribution in [0.25, 0.3) is 0 Å². The second kappa shape index (κ2) is 5.13. The maximum Gasteiger partial charge on any atom is 0.388 e. The minimum absolute atomic E-state index is 0.322. The van der Waals surface area contributed by atoms with Crippen LogP contribution in [0.2, 0.25) is 0 Å². The number of amides is 3. The molecule has 1 N–H and O–H groups in total. The summed E-state index contributed by atoms with van der Waals surface area (Å²) in [4.78, 5) is 31.4. The zero-order valence-electron chi connectivity index (χ0n) is 12.0. The van der Waals surface area contributed by atoms with Crippen LogP contribution >= 0.6 is 12.2 Å². The first kappa shape index (κ1) is 14.6. The SMILES string of the molecule is CN1C(=O)C2C(=[NH+]C(=S)N2Cc2ccc(F)cc2)N(C)C1=O. The Hall–Kier alpha value is -2.35. The molecule has 1 saturated heterocycles. The van der Waals surface area contributed by atoms with Gasteiger partial charge in [-0.05, 0) is 29.9 Å². The van der Waals surface area contributed by atoms with Gasteiger partial charge in [-0.15, -0.1) is 0 Å². The second-order valence-electron chi connectivity index (χ2n) is 5.21. The van der Waals surface area contributed by atoms with E-state index in [-0.39, 0.29) is 11.7 Å². The Bertz CT molecular complexity index is 703. The first-order valence-corrected chi connectivity index (χ1v) is 7.05. The van der Waals surface area contributed by atoms with Gasteiger partial charge in [-0.3, -0.25) is 14.6 Å². The van der Waals surface area contributed by atoms with Gasteiger partial charge in [0.05, 0.1) is 13.6 Å². The van der Waals surface area contributed by atoms with E-state index in [9.17, 15) is 14.0 Å². The van der Waals surface area contributed by atoms with Crippen molar-refractivity contribution in [2.75, 3.05) is 14.1 Å². The van der Waals surface area contributed by atoms with E-state index in [1.54, 1.807) is 24.1 Å². The summed E-state index contributed by atoms with van der Waals surface area (Å²) < 4.78 is 13.0. The number of rotatable bonds is 2. The fourth-order valence-electron chi connectivity index (χ4n) is 2.59. The maximum absolute atomic E-state index is 13.0. The number of likely N-dealkylation sites (N-methyl/N-ethyl adjacent to an activating group) is 2. The van der Waals surface area contributed by atoms with Crippen molar-refractivity contribution in [1.82, 2.24) is 14.7 Å². The molecule has 2 aliphatic heterocycles. The maximum atomic E-state index is 13.0. The highest BCUT2D eigenvalue weighted by Gasteiger charge is 2.54. The molecule has 114 valence electrons. The number of nitrogens with one attached hydrogen (secondary N) is 1. The van der Waals surface area contributed by atoms with Gasteiger partial charge < -0.3 is 0 Å². The quantitative estimate of drug-likeness (QED) is 0.732. The zero-order chi connectivity index (χ0) is 16.0. The Morgan fingerprint density at radius 3 is 2.45 bits per heavy atom. The minimum atomic E-state index is -0.662. The Labute approximate surface area is 131 Å². The van der Waals surface area contributed by atoms with E-state index in [0.717, 1.165) is 10.5 Å². The third-order valence-corrected chi connectivity index (χ3v) is 4.17. The van der Waals surface area contributed by atoms with Crippen LogP contribution in [0.15, 0.2) is 24.3 Å². The van der Waals surface area contributed by atoms with E-state index in [1.165, 1.54) is 24.1 Å². The van der Waals surface area contributed by atoms with E-state index < -0.39 is 12.1 Å². The van der Waals surface area contributed by atoms with Gasteiger partial charge in [0.15, 0.2) is 0 Å². The number of carbonyl (C=O) groups excluding carboxylic acids is 2. The van der Waals surface area contributed by atoms with Gasteiger partial charge in [0, 0.05) is 7.05 Å². The van der Waals surface area contributed by atoms with Crippen LogP contribution in [0.3, 0.4) is 0 Å². The van der Waals surface area contributed by atoms with E-state index in [4.69, 9.17) is 12.2 Å². The topological polar surface area (TPSA) is 57.8 Å². The van der Waals surface area contributed by atoms with E-state index in [1.807, 2.05) is 0 Å². The molecule has 1 aromatic rings. The zero-order valence-corrected chi connectivity index (χ0v) is 12.9. The van der Waals surface area contributed by atoms with Crippen molar-refractivity contribution in [2.24, 2.45) is 0 Å².